The van der Waals surface area contributed by atoms with Gasteiger partial charge in [-0.25, -0.2) is 0 Å². The van der Waals surface area contributed by atoms with E-state index in [2.05, 4.69) is 31.3 Å². The Hall–Kier alpha value is -1.22. The first-order valence-electron chi connectivity index (χ1n) is 9.57. The van der Waals surface area contributed by atoms with Gasteiger partial charge < -0.3 is 14.8 Å². The molecule has 1 aromatic rings. The third-order valence-corrected chi connectivity index (χ3v) is 6.40. The van der Waals surface area contributed by atoms with Gasteiger partial charge in [0.25, 0.3) is 0 Å². The van der Waals surface area contributed by atoms with E-state index >= 15 is 0 Å². The summed E-state index contributed by atoms with van der Waals surface area (Å²) < 4.78 is 11.0. The van der Waals surface area contributed by atoms with Crippen molar-refractivity contribution in [1.29, 1.82) is 0 Å². The van der Waals surface area contributed by atoms with Gasteiger partial charge in [0.05, 0.1) is 14.2 Å². The van der Waals surface area contributed by atoms with Gasteiger partial charge in [-0.2, -0.15) is 0 Å². The van der Waals surface area contributed by atoms with Crippen LogP contribution >= 0.6 is 0 Å². The molecule has 3 fully saturated rings. The Bertz CT molecular complexity index is 549. The van der Waals surface area contributed by atoms with Gasteiger partial charge in [0.15, 0.2) is 0 Å². The lowest BCUT2D eigenvalue weighted by atomic mass is 9.63. The van der Waals surface area contributed by atoms with Crippen LogP contribution in [0.1, 0.15) is 50.2 Å². The van der Waals surface area contributed by atoms with Crippen LogP contribution in [-0.4, -0.2) is 26.8 Å². The third kappa shape index (κ3) is 3.72. The molecule has 0 radical (unpaired) electrons. The molecule has 0 amide bonds. The van der Waals surface area contributed by atoms with Crippen LogP contribution in [0.25, 0.3) is 0 Å². The van der Waals surface area contributed by atoms with Crippen LogP contribution in [0.15, 0.2) is 12.1 Å². The monoisotopic (exact) mass is 331 g/mol. The minimum Gasteiger partial charge on any atom is -0.496 e. The van der Waals surface area contributed by atoms with Crippen molar-refractivity contribution in [3.8, 4) is 11.5 Å². The molecule has 3 aliphatic rings. The zero-order chi connectivity index (χ0) is 17.1. The molecule has 0 aromatic heterocycles. The van der Waals surface area contributed by atoms with E-state index in [9.17, 15) is 0 Å². The molecular weight excluding hydrogens is 298 g/mol. The number of hydrogen-bond acceptors (Lipinski definition) is 3. The average Bonchev–Trinajstić information content (AvgIpc) is 2.63. The second kappa shape index (κ2) is 7.77. The van der Waals surface area contributed by atoms with E-state index in [1.165, 1.54) is 37.7 Å². The predicted molar refractivity (Wildman–Crippen MR) is 99.0 cm³/mol. The molecule has 1 N–H and O–H groups in total. The summed E-state index contributed by atoms with van der Waals surface area (Å²) in [6.45, 7) is 5.44. The molecule has 1 aromatic carbocycles. The zero-order valence-corrected chi connectivity index (χ0v) is 15.7. The number of ether oxygens (including phenoxy) is 2. The quantitative estimate of drug-likeness (QED) is 0.805. The molecule has 2 unspecified atom stereocenters. The summed E-state index contributed by atoms with van der Waals surface area (Å²) in [7, 11) is 3.48. The van der Waals surface area contributed by atoms with Gasteiger partial charge in [0.2, 0.25) is 0 Å². The Morgan fingerprint density at radius 3 is 2.38 bits per heavy atom. The lowest BCUT2D eigenvalue weighted by Gasteiger charge is -2.45. The van der Waals surface area contributed by atoms with Gasteiger partial charge in [-0.05, 0) is 87.1 Å². The van der Waals surface area contributed by atoms with Crippen molar-refractivity contribution in [2.24, 2.45) is 17.8 Å². The largest absolute Gasteiger partial charge is 0.496 e. The van der Waals surface area contributed by atoms with E-state index < -0.39 is 0 Å². The molecule has 3 heteroatoms. The third-order valence-electron chi connectivity index (χ3n) is 6.40. The molecule has 3 aliphatic carbocycles. The lowest BCUT2D eigenvalue weighted by molar-refractivity contribution is 0.0755. The first-order chi connectivity index (χ1) is 11.6. The van der Waals surface area contributed by atoms with Crippen LogP contribution in [0.4, 0.5) is 0 Å². The zero-order valence-electron chi connectivity index (χ0n) is 15.7. The smallest absolute Gasteiger partial charge is 0.122 e. The maximum atomic E-state index is 5.56. The standard InChI is InChI=1S/C21H33NO2/c1-14-11-21(24-4)18(13-20(14)23-3)9-10-22-15(2)19-12-16-5-7-17(19)8-6-16/h11,13,15-17,19,22H,5-10,12H2,1-4H3. The fourth-order valence-corrected chi connectivity index (χ4v) is 4.94. The second-order valence-corrected chi connectivity index (χ2v) is 7.81. The molecule has 0 saturated heterocycles. The van der Waals surface area contributed by atoms with Crippen molar-refractivity contribution in [1.82, 2.24) is 5.32 Å². The van der Waals surface area contributed by atoms with Gasteiger partial charge >= 0.3 is 0 Å². The van der Waals surface area contributed by atoms with Crippen LogP contribution in [-0.2, 0) is 6.42 Å². The molecule has 0 spiro atoms. The van der Waals surface area contributed by atoms with E-state index in [-0.39, 0.29) is 0 Å². The van der Waals surface area contributed by atoms with Crippen LogP contribution in [0.3, 0.4) is 0 Å². The molecule has 3 saturated carbocycles. The summed E-state index contributed by atoms with van der Waals surface area (Å²) >= 11 is 0. The van der Waals surface area contributed by atoms with Crippen molar-refractivity contribution in [2.75, 3.05) is 20.8 Å². The number of aryl methyl sites for hydroxylation is 1. The average molecular weight is 332 g/mol. The summed E-state index contributed by atoms with van der Waals surface area (Å²) in [6.07, 6.45) is 8.31. The van der Waals surface area contributed by atoms with E-state index in [0.29, 0.717) is 6.04 Å². The Morgan fingerprint density at radius 2 is 1.79 bits per heavy atom. The summed E-state index contributed by atoms with van der Waals surface area (Å²) in [6, 6.07) is 4.83. The van der Waals surface area contributed by atoms with Crippen LogP contribution in [0, 0.1) is 24.7 Å². The molecule has 134 valence electrons. The minimum atomic E-state index is 0.622. The van der Waals surface area contributed by atoms with Crippen molar-refractivity contribution < 1.29 is 9.47 Å². The topological polar surface area (TPSA) is 30.5 Å². The van der Waals surface area contributed by atoms with Gasteiger partial charge in [0.1, 0.15) is 11.5 Å². The summed E-state index contributed by atoms with van der Waals surface area (Å²) in [5.74, 6) is 4.77. The number of nitrogens with one attached hydrogen (secondary N) is 1. The number of hydrogen-bond donors (Lipinski definition) is 1. The number of fused-ring (bicyclic) bond motifs is 3. The normalized spacial score (nSPS) is 27.1. The number of methoxy groups -OCH3 is 2. The van der Waals surface area contributed by atoms with Crippen molar-refractivity contribution in [3.63, 3.8) is 0 Å². The van der Waals surface area contributed by atoms with Gasteiger partial charge in [-0.3, -0.25) is 0 Å². The molecular formula is C21H33NO2. The molecule has 3 nitrogen and oxygen atoms in total. The van der Waals surface area contributed by atoms with Gasteiger partial charge in [-0.1, -0.05) is 12.8 Å². The van der Waals surface area contributed by atoms with E-state index in [0.717, 1.165) is 47.8 Å². The molecule has 0 heterocycles. The maximum absolute atomic E-state index is 5.56. The van der Waals surface area contributed by atoms with Gasteiger partial charge in [-0.15, -0.1) is 0 Å². The number of rotatable bonds is 7. The van der Waals surface area contributed by atoms with Crippen molar-refractivity contribution in [2.45, 2.75) is 58.4 Å². The van der Waals surface area contributed by atoms with E-state index in [1.807, 2.05) is 0 Å². The molecule has 4 rings (SSSR count). The highest BCUT2D eigenvalue weighted by Gasteiger charge is 2.37. The van der Waals surface area contributed by atoms with Gasteiger partial charge in [0, 0.05) is 6.04 Å². The predicted octanol–water partition coefficient (Wildman–Crippen LogP) is 4.36. The molecule has 24 heavy (non-hydrogen) atoms. The van der Waals surface area contributed by atoms with Crippen molar-refractivity contribution in [3.05, 3.63) is 23.3 Å². The first kappa shape index (κ1) is 17.6. The second-order valence-electron chi connectivity index (χ2n) is 7.81. The van der Waals surface area contributed by atoms with Crippen LogP contribution in [0.2, 0.25) is 0 Å². The van der Waals surface area contributed by atoms with Crippen LogP contribution in [0.5, 0.6) is 11.5 Å². The molecule has 0 aliphatic heterocycles. The Balaban J connectivity index is 1.56. The van der Waals surface area contributed by atoms with Crippen molar-refractivity contribution >= 4 is 0 Å². The minimum absolute atomic E-state index is 0.622. The van der Waals surface area contributed by atoms with E-state index in [4.69, 9.17) is 9.47 Å². The first-order valence-corrected chi connectivity index (χ1v) is 9.57. The maximum Gasteiger partial charge on any atom is 0.122 e. The highest BCUT2D eigenvalue weighted by Crippen LogP contribution is 2.46. The molecule has 2 atom stereocenters. The van der Waals surface area contributed by atoms with Crippen LogP contribution < -0.4 is 14.8 Å². The summed E-state index contributed by atoms with van der Waals surface area (Å²) in [4.78, 5) is 0. The fourth-order valence-electron chi connectivity index (χ4n) is 4.94. The lowest BCUT2D eigenvalue weighted by Crippen LogP contribution is -2.44. The highest BCUT2D eigenvalue weighted by atomic mass is 16.5. The van der Waals surface area contributed by atoms with E-state index in [1.54, 1.807) is 14.2 Å². The fraction of sp³-hybridized carbons (Fsp3) is 0.714. The highest BCUT2D eigenvalue weighted by molar-refractivity contribution is 5.46. The summed E-state index contributed by atoms with van der Waals surface area (Å²) in [5, 5.41) is 3.79. The Labute approximate surface area is 147 Å². The number of benzene rings is 1. The molecule has 2 bridgehead atoms. The Morgan fingerprint density at radius 1 is 1.08 bits per heavy atom. The SMILES string of the molecule is COc1cc(CCNC(C)C2CC3CCC2CC3)c(OC)cc1C. The Kier molecular flexibility index (Phi) is 5.70. The summed E-state index contributed by atoms with van der Waals surface area (Å²) in [5.41, 5.74) is 2.35.